The zero-order valence-electron chi connectivity index (χ0n) is 14.2. The highest BCUT2D eigenvalue weighted by Crippen LogP contribution is 2.23. The molecule has 1 aliphatic heterocycles. The van der Waals surface area contributed by atoms with E-state index in [1.54, 1.807) is 0 Å². The lowest BCUT2D eigenvalue weighted by molar-refractivity contribution is 0.0678. The molecule has 5 heteroatoms. The first kappa shape index (κ1) is 17.0. The van der Waals surface area contributed by atoms with Crippen molar-refractivity contribution in [3.05, 3.63) is 36.0 Å². The molecule has 1 saturated heterocycles. The monoisotopic (exact) mass is 329 g/mol. The molecule has 1 aromatic heterocycles. The molecule has 1 aromatic carbocycles. The summed E-state index contributed by atoms with van der Waals surface area (Å²) in [5.41, 5.74) is 7.50. The minimum absolute atomic E-state index is 0.119. The molecule has 0 bridgehead atoms. The number of rotatable bonds is 6. The van der Waals surface area contributed by atoms with Crippen molar-refractivity contribution in [2.24, 2.45) is 11.7 Å². The summed E-state index contributed by atoms with van der Waals surface area (Å²) in [6.07, 6.45) is 5.85. The second-order valence-electron chi connectivity index (χ2n) is 6.67. The molecule has 0 atom stereocenters. The molecule has 130 valence electrons. The number of aliphatic hydroxyl groups excluding tert-OH is 1. The minimum atomic E-state index is 0.119. The number of hydrogen-bond acceptors (Lipinski definition) is 3. The van der Waals surface area contributed by atoms with Gasteiger partial charge in [0.15, 0.2) is 0 Å². The lowest BCUT2D eigenvalue weighted by atomic mass is 9.93. The Kier molecular flexibility index (Phi) is 5.53. The van der Waals surface area contributed by atoms with E-state index in [4.69, 9.17) is 10.8 Å². The average Bonchev–Trinajstić information content (AvgIpc) is 3.02. The van der Waals surface area contributed by atoms with Crippen LogP contribution in [0.4, 0.5) is 0 Å². The Morgan fingerprint density at radius 3 is 2.75 bits per heavy atom. The van der Waals surface area contributed by atoms with E-state index in [1.807, 2.05) is 23.1 Å². The van der Waals surface area contributed by atoms with Crippen LogP contribution in [-0.2, 0) is 6.54 Å². The van der Waals surface area contributed by atoms with Crippen LogP contribution in [0.15, 0.2) is 30.5 Å². The molecule has 0 unspecified atom stereocenters. The number of nitrogens with two attached hydrogens (primary N) is 1. The Labute approximate surface area is 143 Å². The van der Waals surface area contributed by atoms with Crippen molar-refractivity contribution in [2.75, 3.05) is 26.2 Å². The molecule has 0 aliphatic carbocycles. The summed E-state index contributed by atoms with van der Waals surface area (Å²) in [6, 6.07) is 8.04. The van der Waals surface area contributed by atoms with Gasteiger partial charge in [-0.15, -0.1) is 0 Å². The van der Waals surface area contributed by atoms with Crippen molar-refractivity contribution < 1.29 is 9.90 Å². The molecular formula is C19H27N3O2. The first-order chi connectivity index (χ1) is 11.7. The van der Waals surface area contributed by atoms with Gasteiger partial charge in [-0.1, -0.05) is 0 Å². The van der Waals surface area contributed by atoms with Gasteiger partial charge in [-0.25, -0.2) is 0 Å². The second kappa shape index (κ2) is 7.81. The third kappa shape index (κ3) is 3.62. The number of nitrogens with zero attached hydrogens (tertiary/aromatic N) is 2. The number of hydrogen-bond donors (Lipinski definition) is 2. The maximum atomic E-state index is 12.7. The van der Waals surface area contributed by atoms with E-state index >= 15 is 0 Å². The van der Waals surface area contributed by atoms with Crippen LogP contribution < -0.4 is 5.73 Å². The molecule has 0 spiro atoms. The third-order valence-electron chi connectivity index (χ3n) is 5.06. The zero-order valence-corrected chi connectivity index (χ0v) is 14.2. The summed E-state index contributed by atoms with van der Waals surface area (Å²) >= 11 is 0. The van der Waals surface area contributed by atoms with Gasteiger partial charge in [0.1, 0.15) is 0 Å². The average molecular weight is 329 g/mol. The van der Waals surface area contributed by atoms with E-state index in [9.17, 15) is 4.79 Å². The third-order valence-corrected chi connectivity index (χ3v) is 5.06. The molecule has 2 heterocycles. The molecule has 24 heavy (non-hydrogen) atoms. The summed E-state index contributed by atoms with van der Waals surface area (Å²) < 4.78 is 2.19. The fourth-order valence-corrected chi connectivity index (χ4v) is 3.58. The molecule has 0 saturated carbocycles. The largest absolute Gasteiger partial charge is 0.396 e. The zero-order chi connectivity index (χ0) is 16.9. The van der Waals surface area contributed by atoms with Gasteiger partial charge >= 0.3 is 0 Å². The number of carbonyl (C=O) groups excluding carboxylic acids is 1. The fourth-order valence-electron chi connectivity index (χ4n) is 3.58. The summed E-state index contributed by atoms with van der Waals surface area (Å²) in [6.45, 7) is 3.42. The van der Waals surface area contributed by atoms with Crippen molar-refractivity contribution >= 4 is 16.8 Å². The number of amides is 1. The van der Waals surface area contributed by atoms with E-state index in [1.165, 1.54) is 0 Å². The van der Waals surface area contributed by atoms with Crippen LogP contribution in [0, 0.1) is 5.92 Å². The Morgan fingerprint density at radius 2 is 2.04 bits per heavy atom. The molecule has 0 radical (unpaired) electrons. The first-order valence-corrected chi connectivity index (χ1v) is 8.92. The highest BCUT2D eigenvalue weighted by molar-refractivity contribution is 5.98. The predicted octanol–water partition coefficient (Wildman–Crippen LogP) is 2.22. The van der Waals surface area contributed by atoms with Crippen molar-refractivity contribution in [2.45, 2.75) is 32.2 Å². The maximum absolute atomic E-state index is 12.7. The lowest BCUT2D eigenvalue weighted by Crippen LogP contribution is -2.38. The molecule has 1 fully saturated rings. The first-order valence-electron chi connectivity index (χ1n) is 8.92. The smallest absolute Gasteiger partial charge is 0.253 e. The summed E-state index contributed by atoms with van der Waals surface area (Å²) in [7, 11) is 0. The van der Waals surface area contributed by atoms with Crippen LogP contribution in [0.2, 0.25) is 0 Å². The second-order valence-corrected chi connectivity index (χ2v) is 6.67. The van der Waals surface area contributed by atoms with Gasteiger partial charge in [0.25, 0.3) is 5.91 Å². The summed E-state index contributed by atoms with van der Waals surface area (Å²) in [4.78, 5) is 14.7. The number of carbonyl (C=O) groups is 1. The van der Waals surface area contributed by atoms with Gasteiger partial charge in [0.05, 0.1) is 0 Å². The van der Waals surface area contributed by atoms with E-state index < -0.39 is 0 Å². The topological polar surface area (TPSA) is 71.5 Å². The number of likely N-dealkylation sites (tertiary alicyclic amines) is 1. The summed E-state index contributed by atoms with van der Waals surface area (Å²) in [5.74, 6) is 0.673. The summed E-state index contributed by atoms with van der Waals surface area (Å²) in [5, 5.41) is 10.1. The molecule has 1 amide bonds. The molecule has 2 aromatic rings. The van der Waals surface area contributed by atoms with Gasteiger partial charge in [0.2, 0.25) is 0 Å². The van der Waals surface area contributed by atoms with Crippen LogP contribution in [0.25, 0.3) is 10.9 Å². The quantitative estimate of drug-likeness (QED) is 0.853. The van der Waals surface area contributed by atoms with Crippen LogP contribution in [-0.4, -0.2) is 46.7 Å². The molecule has 3 rings (SSSR count). The van der Waals surface area contributed by atoms with Crippen LogP contribution in [0.3, 0.4) is 0 Å². The number of piperidine rings is 1. The Bertz CT molecular complexity index is 687. The Hall–Kier alpha value is -1.85. The number of aromatic nitrogens is 1. The highest BCUT2D eigenvalue weighted by Gasteiger charge is 2.23. The molecule has 1 aliphatic rings. The van der Waals surface area contributed by atoms with Crippen LogP contribution >= 0.6 is 0 Å². The van der Waals surface area contributed by atoms with Gasteiger partial charge in [-0.2, -0.15) is 0 Å². The van der Waals surface area contributed by atoms with E-state index in [2.05, 4.69) is 16.8 Å². The van der Waals surface area contributed by atoms with Crippen LogP contribution in [0.5, 0.6) is 0 Å². The number of aryl methyl sites for hydroxylation is 1. The number of aliphatic hydroxyl groups is 1. The lowest BCUT2D eigenvalue weighted by Gasteiger charge is -2.31. The van der Waals surface area contributed by atoms with Crippen molar-refractivity contribution in [1.29, 1.82) is 0 Å². The Morgan fingerprint density at radius 1 is 1.25 bits per heavy atom. The van der Waals surface area contributed by atoms with E-state index in [0.717, 1.165) is 61.8 Å². The van der Waals surface area contributed by atoms with Gasteiger partial charge in [-0.3, -0.25) is 4.79 Å². The van der Waals surface area contributed by atoms with Crippen molar-refractivity contribution in [1.82, 2.24) is 9.47 Å². The standard InChI is InChI=1S/C19H27N3O2/c20-8-1-9-21-12-6-16-14-17(2-3-18(16)21)19(24)22-10-4-15(5-11-22)7-13-23/h2-3,6,12,14-15,23H,1,4-5,7-11,13,20H2. The number of fused-ring (bicyclic) bond motifs is 1. The fraction of sp³-hybridized carbons (Fsp3) is 0.526. The van der Waals surface area contributed by atoms with Gasteiger partial charge < -0.3 is 20.3 Å². The predicted molar refractivity (Wildman–Crippen MR) is 95.9 cm³/mol. The van der Waals surface area contributed by atoms with E-state index in [-0.39, 0.29) is 12.5 Å². The van der Waals surface area contributed by atoms with E-state index in [0.29, 0.717) is 12.5 Å². The minimum Gasteiger partial charge on any atom is -0.396 e. The van der Waals surface area contributed by atoms with Crippen molar-refractivity contribution in [3.8, 4) is 0 Å². The molecule has 3 N–H and O–H groups in total. The van der Waals surface area contributed by atoms with Gasteiger partial charge in [0, 0.05) is 48.9 Å². The SMILES string of the molecule is NCCCn1ccc2cc(C(=O)N3CCC(CCO)CC3)ccc21. The van der Waals surface area contributed by atoms with Crippen LogP contribution in [0.1, 0.15) is 36.0 Å². The number of benzene rings is 1. The maximum Gasteiger partial charge on any atom is 0.253 e. The van der Waals surface area contributed by atoms with Crippen molar-refractivity contribution in [3.63, 3.8) is 0 Å². The van der Waals surface area contributed by atoms with Gasteiger partial charge in [-0.05, 0) is 62.4 Å². The highest BCUT2D eigenvalue weighted by atomic mass is 16.3. The Balaban J connectivity index is 1.69. The molecule has 5 nitrogen and oxygen atoms in total. The molecular weight excluding hydrogens is 302 g/mol. The normalized spacial score (nSPS) is 16.0.